The van der Waals surface area contributed by atoms with E-state index >= 15 is 0 Å². The molecule has 0 amide bonds. The highest BCUT2D eigenvalue weighted by Crippen LogP contribution is 2.32. The standard InChI is InChI=1S/C11H18BrN5/c1-11(5-3-2-4-6-11)16-9-8(12)7-14-10(15-9)17-13/h7H,2-6,13H2,1H3,(H2,14,15,16,17). The van der Waals surface area contributed by atoms with E-state index in [4.69, 9.17) is 5.84 Å². The second kappa shape index (κ2) is 5.18. The molecule has 94 valence electrons. The van der Waals surface area contributed by atoms with Crippen LogP contribution in [0.25, 0.3) is 0 Å². The Morgan fingerprint density at radius 1 is 1.35 bits per heavy atom. The molecular weight excluding hydrogens is 282 g/mol. The van der Waals surface area contributed by atoms with E-state index in [0.717, 1.165) is 10.3 Å². The molecule has 0 bridgehead atoms. The molecular formula is C11H18BrN5. The average molecular weight is 300 g/mol. The first kappa shape index (κ1) is 12.6. The van der Waals surface area contributed by atoms with Crippen LogP contribution in [-0.4, -0.2) is 15.5 Å². The Morgan fingerprint density at radius 3 is 2.71 bits per heavy atom. The molecule has 0 unspecified atom stereocenters. The van der Waals surface area contributed by atoms with Gasteiger partial charge in [-0.15, -0.1) is 0 Å². The molecule has 1 aromatic rings. The summed E-state index contributed by atoms with van der Waals surface area (Å²) in [5, 5.41) is 3.51. The number of halogens is 1. The van der Waals surface area contributed by atoms with Gasteiger partial charge in [0.25, 0.3) is 0 Å². The number of hydrogen-bond acceptors (Lipinski definition) is 5. The van der Waals surface area contributed by atoms with Crippen LogP contribution in [0, 0.1) is 0 Å². The molecule has 5 nitrogen and oxygen atoms in total. The molecule has 1 aliphatic rings. The number of nitrogens with one attached hydrogen (secondary N) is 2. The highest BCUT2D eigenvalue weighted by molar-refractivity contribution is 9.10. The minimum atomic E-state index is 0.126. The predicted molar refractivity (Wildman–Crippen MR) is 72.7 cm³/mol. The molecule has 17 heavy (non-hydrogen) atoms. The van der Waals surface area contributed by atoms with E-state index < -0.39 is 0 Å². The molecule has 6 heteroatoms. The molecule has 0 spiro atoms. The van der Waals surface area contributed by atoms with E-state index in [2.05, 4.69) is 43.6 Å². The topological polar surface area (TPSA) is 75.9 Å². The number of nitrogens with zero attached hydrogens (tertiary/aromatic N) is 2. The van der Waals surface area contributed by atoms with Gasteiger partial charge in [-0.1, -0.05) is 19.3 Å². The largest absolute Gasteiger partial charge is 0.364 e. The highest BCUT2D eigenvalue weighted by atomic mass is 79.9. The van der Waals surface area contributed by atoms with Gasteiger partial charge in [-0.05, 0) is 35.7 Å². The second-order valence-electron chi connectivity index (χ2n) is 4.78. The summed E-state index contributed by atoms with van der Waals surface area (Å²) in [7, 11) is 0. The van der Waals surface area contributed by atoms with Gasteiger partial charge in [0.2, 0.25) is 5.95 Å². The van der Waals surface area contributed by atoms with E-state index in [1.54, 1.807) is 6.20 Å². The van der Waals surface area contributed by atoms with Crippen LogP contribution in [-0.2, 0) is 0 Å². The number of hydrazine groups is 1. The monoisotopic (exact) mass is 299 g/mol. The van der Waals surface area contributed by atoms with Crippen molar-refractivity contribution in [1.29, 1.82) is 0 Å². The molecule has 1 heterocycles. The molecule has 0 saturated heterocycles. The van der Waals surface area contributed by atoms with Crippen LogP contribution in [0.15, 0.2) is 10.7 Å². The summed E-state index contributed by atoms with van der Waals surface area (Å²) in [5.41, 5.74) is 2.59. The molecule has 1 saturated carbocycles. The van der Waals surface area contributed by atoms with Crippen molar-refractivity contribution in [3.8, 4) is 0 Å². The third-order valence-electron chi connectivity index (χ3n) is 3.25. The Kier molecular flexibility index (Phi) is 3.83. The minimum Gasteiger partial charge on any atom is -0.364 e. The Hall–Kier alpha value is -0.880. The van der Waals surface area contributed by atoms with Crippen LogP contribution < -0.4 is 16.6 Å². The van der Waals surface area contributed by atoms with Crippen LogP contribution >= 0.6 is 15.9 Å². The number of nitrogen functional groups attached to an aromatic ring is 1. The van der Waals surface area contributed by atoms with Crippen molar-refractivity contribution in [3.05, 3.63) is 10.7 Å². The van der Waals surface area contributed by atoms with Gasteiger partial charge in [0.1, 0.15) is 5.82 Å². The van der Waals surface area contributed by atoms with Gasteiger partial charge in [0.15, 0.2) is 0 Å². The first-order valence-electron chi connectivity index (χ1n) is 5.90. The molecule has 0 atom stereocenters. The molecule has 1 aliphatic carbocycles. The van der Waals surface area contributed by atoms with E-state index in [-0.39, 0.29) is 5.54 Å². The van der Waals surface area contributed by atoms with Crippen molar-refractivity contribution in [2.45, 2.75) is 44.6 Å². The number of anilines is 2. The van der Waals surface area contributed by atoms with Gasteiger partial charge >= 0.3 is 0 Å². The lowest BCUT2D eigenvalue weighted by molar-refractivity contribution is 0.348. The van der Waals surface area contributed by atoms with Crippen LogP contribution in [0.4, 0.5) is 11.8 Å². The van der Waals surface area contributed by atoms with E-state index in [0.29, 0.717) is 5.95 Å². The maximum atomic E-state index is 5.32. The van der Waals surface area contributed by atoms with Gasteiger partial charge in [0, 0.05) is 11.7 Å². The molecule has 1 fully saturated rings. The number of rotatable bonds is 3. The number of aromatic nitrogens is 2. The van der Waals surface area contributed by atoms with Gasteiger partial charge < -0.3 is 5.32 Å². The molecule has 0 aliphatic heterocycles. The fourth-order valence-corrected chi connectivity index (χ4v) is 2.56. The summed E-state index contributed by atoms with van der Waals surface area (Å²) in [6.45, 7) is 2.25. The quantitative estimate of drug-likeness (QED) is 0.591. The fourth-order valence-electron chi connectivity index (χ4n) is 2.27. The molecule has 4 N–H and O–H groups in total. The number of hydrogen-bond donors (Lipinski definition) is 3. The highest BCUT2D eigenvalue weighted by Gasteiger charge is 2.27. The van der Waals surface area contributed by atoms with Crippen LogP contribution in [0.5, 0.6) is 0 Å². The zero-order valence-electron chi connectivity index (χ0n) is 9.96. The summed E-state index contributed by atoms with van der Waals surface area (Å²) in [6, 6.07) is 0. The Bertz CT molecular complexity index is 389. The first-order chi connectivity index (χ1) is 8.13. The maximum Gasteiger partial charge on any atom is 0.239 e. The molecule has 0 radical (unpaired) electrons. The third-order valence-corrected chi connectivity index (χ3v) is 3.83. The normalized spacial score (nSPS) is 18.8. The van der Waals surface area contributed by atoms with Crippen LogP contribution in [0.2, 0.25) is 0 Å². The predicted octanol–water partition coefficient (Wildman–Crippen LogP) is 2.66. The third kappa shape index (κ3) is 3.07. The SMILES string of the molecule is CC1(Nc2nc(NN)ncc2Br)CCCCC1. The summed E-state index contributed by atoms with van der Waals surface area (Å²) >= 11 is 3.45. The van der Waals surface area contributed by atoms with Crippen molar-refractivity contribution in [1.82, 2.24) is 9.97 Å². The maximum absolute atomic E-state index is 5.32. The lowest BCUT2D eigenvalue weighted by atomic mass is 9.83. The summed E-state index contributed by atoms with van der Waals surface area (Å²) in [5.74, 6) is 6.55. The van der Waals surface area contributed by atoms with Crippen molar-refractivity contribution in [2.24, 2.45) is 5.84 Å². The Labute approximate surface area is 110 Å². The summed E-state index contributed by atoms with van der Waals surface area (Å²) in [6.07, 6.45) is 7.93. The molecule has 2 rings (SSSR count). The minimum absolute atomic E-state index is 0.126. The molecule has 0 aromatic carbocycles. The Balaban J connectivity index is 2.16. The summed E-state index contributed by atoms with van der Waals surface area (Å²) < 4.78 is 0.864. The fraction of sp³-hybridized carbons (Fsp3) is 0.636. The Morgan fingerprint density at radius 2 is 2.06 bits per heavy atom. The van der Waals surface area contributed by atoms with Crippen molar-refractivity contribution in [2.75, 3.05) is 10.7 Å². The van der Waals surface area contributed by atoms with Crippen molar-refractivity contribution < 1.29 is 0 Å². The zero-order valence-corrected chi connectivity index (χ0v) is 11.5. The van der Waals surface area contributed by atoms with Gasteiger partial charge in [-0.3, -0.25) is 5.43 Å². The van der Waals surface area contributed by atoms with E-state index in [1.807, 2.05) is 0 Å². The average Bonchev–Trinajstić information content (AvgIpc) is 2.33. The van der Waals surface area contributed by atoms with Gasteiger partial charge in [-0.2, -0.15) is 4.98 Å². The van der Waals surface area contributed by atoms with Crippen LogP contribution in [0.3, 0.4) is 0 Å². The van der Waals surface area contributed by atoms with Crippen LogP contribution in [0.1, 0.15) is 39.0 Å². The zero-order chi connectivity index (χ0) is 12.3. The lowest BCUT2D eigenvalue weighted by Gasteiger charge is -2.35. The smallest absolute Gasteiger partial charge is 0.239 e. The van der Waals surface area contributed by atoms with Gasteiger partial charge in [0.05, 0.1) is 4.47 Å². The second-order valence-corrected chi connectivity index (χ2v) is 5.64. The van der Waals surface area contributed by atoms with Crippen molar-refractivity contribution in [3.63, 3.8) is 0 Å². The van der Waals surface area contributed by atoms with Crippen molar-refractivity contribution >= 4 is 27.7 Å². The van der Waals surface area contributed by atoms with Gasteiger partial charge in [-0.25, -0.2) is 10.8 Å². The molecule has 1 aromatic heterocycles. The summed E-state index contributed by atoms with van der Waals surface area (Å²) in [4.78, 5) is 8.36. The first-order valence-corrected chi connectivity index (χ1v) is 6.70. The number of nitrogens with two attached hydrogens (primary N) is 1. The van der Waals surface area contributed by atoms with E-state index in [9.17, 15) is 0 Å². The van der Waals surface area contributed by atoms with E-state index in [1.165, 1.54) is 32.1 Å². The lowest BCUT2D eigenvalue weighted by Crippen LogP contribution is -2.37.